The van der Waals surface area contributed by atoms with E-state index in [2.05, 4.69) is 10.3 Å². The predicted molar refractivity (Wildman–Crippen MR) is 79.2 cm³/mol. The first-order chi connectivity index (χ1) is 10.2. The minimum absolute atomic E-state index is 0.00995. The van der Waals surface area contributed by atoms with Crippen molar-refractivity contribution in [2.45, 2.75) is 12.5 Å². The van der Waals surface area contributed by atoms with Gasteiger partial charge in [-0.15, -0.1) is 0 Å². The molecule has 0 amide bonds. The fourth-order valence-corrected chi connectivity index (χ4v) is 2.29. The van der Waals surface area contributed by atoms with E-state index < -0.39 is 0 Å². The third-order valence-corrected chi connectivity index (χ3v) is 3.42. The molecule has 0 saturated heterocycles. The molecule has 21 heavy (non-hydrogen) atoms. The molecule has 0 aliphatic carbocycles. The van der Waals surface area contributed by atoms with Crippen molar-refractivity contribution in [2.75, 3.05) is 21.3 Å². The lowest BCUT2D eigenvalue weighted by Crippen LogP contribution is -2.19. The molecule has 112 valence electrons. The van der Waals surface area contributed by atoms with Crippen LogP contribution >= 0.6 is 0 Å². The molecule has 1 aromatic carbocycles. The van der Waals surface area contributed by atoms with Crippen LogP contribution in [0, 0.1) is 5.82 Å². The summed E-state index contributed by atoms with van der Waals surface area (Å²) in [5.41, 5.74) is 1.87. The molecular weight excluding hydrogens is 271 g/mol. The molecule has 1 heterocycles. The largest absolute Gasteiger partial charge is 0.495 e. The topological polar surface area (TPSA) is 43.4 Å². The van der Waals surface area contributed by atoms with E-state index in [0.29, 0.717) is 12.2 Å². The lowest BCUT2D eigenvalue weighted by Gasteiger charge is -2.19. The van der Waals surface area contributed by atoms with Gasteiger partial charge in [-0.3, -0.25) is 4.98 Å². The van der Waals surface area contributed by atoms with E-state index in [1.165, 1.54) is 13.2 Å². The second-order valence-electron chi connectivity index (χ2n) is 4.63. The summed E-state index contributed by atoms with van der Waals surface area (Å²) in [5, 5.41) is 3.23. The van der Waals surface area contributed by atoms with Crippen LogP contribution in [0.5, 0.6) is 11.5 Å². The van der Waals surface area contributed by atoms with Gasteiger partial charge in [0.1, 0.15) is 5.75 Å². The predicted octanol–water partition coefficient (Wildman–Crippen LogP) is 2.74. The molecule has 0 bridgehead atoms. The Hall–Kier alpha value is -2.14. The average molecular weight is 290 g/mol. The number of halogens is 1. The van der Waals surface area contributed by atoms with E-state index in [1.807, 2.05) is 19.2 Å². The van der Waals surface area contributed by atoms with Gasteiger partial charge in [-0.1, -0.05) is 6.07 Å². The summed E-state index contributed by atoms with van der Waals surface area (Å²) >= 11 is 0. The molecule has 1 aromatic heterocycles. The van der Waals surface area contributed by atoms with Crippen molar-refractivity contribution in [3.05, 3.63) is 53.6 Å². The van der Waals surface area contributed by atoms with E-state index >= 15 is 0 Å². The van der Waals surface area contributed by atoms with Gasteiger partial charge in [0, 0.05) is 17.8 Å². The summed E-state index contributed by atoms with van der Waals surface area (Å²) in [6, 6.07) is 6.91. The number of likely N-dealkylation sites (N-methyl/N-ethyl adjacent to an activating group) is 1. The van der Waals surface area contributed by atoms with Crippen molar-refractivity contribution in [2.24, 2.45) is 0 Å². The molecule has 1 unspecified atom stereocenters. The maximum Gasteiger partial charge on any atom is 0.165 e. The number of nitrogens with one attached hydrogen (secondary N) is 1. The van der Waals surface area contributed by atoms with Crippen LogP contribution in [0.2, 0.25) is 0 Å². The molecule has 0 saturated carbocycles. The van der Waals surface area contributed by atoms with Gasteiger partial charge in [0.25, 0.3) is 0 Å². The second-order valence-corrected chi connectivity index (χ2v) is 4.63. The van der Waals surface area contributed by atoms with Crippen LogP contribution in [0.4, 0.5) is 4.39 Å². The zero-order valence-corrected chi connectivity index (χ0v) is 12.4. The summed E-state index contributed by atoms with van der Waals surface area (Å²) < 4.78 is 24.0. The molecule has 1 atom stereocenters. The number of aromatic nitrogens is 1. The monoisotopic (exact) mass is 290 g/mol. The number of hydrogen-bond acceptors (Lipinski definition) is 4. The molecular formula is C16H19FN2O2. The highest BCUT2D eigenvalue weighted by molar-refractivity contribution is 5.35. The number of hydrogen-bond donors (Lipinski definition) is 1. The van der Waals surface area contributed by atoms with Crippen LogP contribution in [0.1, 0.15) is 17.2 Å². The Bertz CT molecular complexity index is 605. The van der Waals surface area contributed by atoms with Crippen LogP contribution < -0.4 is 14.8 Å². The highest BCUT2D eigenvalue weighted by atomic mass is 19.1. The first kappa shape index (κ1) is 15.3. The van der Waals surface area contributed by atoms with Crippen LogP contribution in [-0.2, 0) is 6.42 Å². The fraction of sp³-hybridized carbons (Fsp3) is 0.312. The Morgan fingerprint density at radius 1 is 1.19 bits per heavy atom. The summed E-state index contributed by atoms with van der Waals surface area (Å²) in [7, 11) is 4.93. The number of benzene rings is 1. The SMILES string of the molecule is CNC(Cc1ccc(OC)c(F)c1)c1ccncc1OC. The molecule has 0 radical (unpaired) electrons. The standard InChI is InChI=1S/C16H19FN2O2/c1-18-14(12-6-7-19-10-16(12)21-3)9-11-4-5-15(20-2)13(17)8-11/h4-8,10,14,18H,9H2,1-3H3. The minimum atomic E-state index is -0.355. The summed E-state index contributed by atoms with van der Waals surface area (Å²) in [6.07, 6.45) is 4.03. The summed E-state index contributed by atoms with van der Waals surface area (Å²) in [5.74, 6) is 0.610. The van der Waals surface area contributed by atoms with Crippen LogP contribution in [0.3, 0.4) is 0 Å². The first-order valence-electron chi connectivity index (χ1n) is 6.67. The lowest BCUT2D eigenvalue weighted by molar-refractivity contribution is 0.385. The number of ether oxygens (including phenoxy) is 2. The maximum atomic E-state index is 13.8. The molecule has 0 spiro atoms. The highest BCUT2D eigenvalue weighted by Crippen LogP contribution is 2.27. The first-order valence-corrected chi connectivity index (χ1v) is 6.67. The third-order valence-electron chi connectivity index (χ3n) is 3.42. The van der Waals surface area contributed by atoms with Gasteiger partial charge in [-0.25, -0.2) is 4.39 Å². The van der Waals surface area contributed by atoms with Gasteiger partial charge < -0.3 is 14.8 Å². The molecule has 0 aliphatic heterocycles. The lowest BCUT2D eigenvalue weighted by atomic mass is 9.99. The van der Waals surface area contributed by atoms with Gasteiger partial charge in [-0.2, -0.15) is 0 Å². The van der Waals surface area contributed by atoms with E-state index in [-0.39, 0.29) is 17.6 Å². The number of nitrogens with zero attached hydrogens (tertiary/aromatic N) is 1. The molecule has 0 fully saturated rings. The van der Waals surface area contributed by atoms with Crippen molar-refractivity contribution >= 4 is 0 Å². The quantitative estimate of drug-likeness (QED) is 0.888. The Morgan fingerprint density at radius 2 is 1.95 bits per heavy atom. The molecule has 5 heteroatoms. The van der Waals surface area contributed by atoms with Crippen molar-refractivity contribution in [1.82, 2.24) is 10.3 Å². The van der Waals surface area contributed by atoms with Crippen molar-refractivity contribution in [1.29, 1.82) is 0 Å². The molecule has 4 nitrogen and oxygen atoms in total. The van der Waals surface area contributed by atoms with Crippen LogP contribution in [0.15, 0.2) is 36.7 Å². The Labute approximate surface area is 123 Å². The number of rotatable bonds is 6. The van der Waals surface area contributed by atoms with E-state index in [0.717, 1.165) is 11.1 Å². The van der Waals surface area contributed by atoms with E-state index in [9.17, 15) is 4.39 Å². The molecule has 2 rings (SSSR count). The van der Waals surface area contributed by atoms with Crippen molar-refractivity contribution in [3.63, 3.8) is 0 Å². The van der Waals surface area contributed by atoms with Gasteiger partial charge in [0.05, 0.1) is 20.4 Å². The smallest absolute Gasteiger partial charge is 0.165 e. The van der Waals surface area contributed by atoms with Gasteiger partial charge in [0.15, 0.2) is 11.6 Å². The normalized spacial score (nSPS) is 12.0. The van der Waals surface area contributed by atoms with Crippen molar-refractivity contribution < 1.29 is 13.9 Å². The van der Waals surface area contributed by atoms with Gasteiger partial charge in [0.2, 0.25) is 0 Å². The molecule has 0 aliphatic rings. The second kappa shape index (κ2) is 7.04. The molecule has 2 aromatic rings. The van der Waals surface area contributed by atoms with Crippen molar-refractivity contribution in [3.8, 4) is 11.5 Å². The Kier molecular flexibility index (Phi) is 5.11. The fourth-order valence-electron chi connectivity index (χ4n) is 2.29. The van der Waals surface area contributed by atoms with Gasteiger partial charge in [-0.05, 0) is 37.2 Å². The molecule has 1 N–H and O–H groups in total. The van der Waals surface area contributed by atoms with Gasteiger partial charge >= 0.3 is 0 Å². The zero-order chi connectivity index (χ0) is 15.2. The zero-order valence-electron chi connectivity index (χ0n) is 12.4. The maximum absolute atomic E-state index is 13.8. The van der Waals surface area contributed by atoms with E-state index in [4.69, 9.17) is 9.47 Å². The highest BCUT2D eigenvalue weighted by Gasteiger charge is 2.16. The summed E-state index contributed by atoms with van der Waals surface area (Å²) in [6.45, 7) is 0. The summed E-state index contributed by atoms with van der Waals surface area (Å²) in [4.78, 5) is 4.05. The average Bonchev–Trinajstić information content (AvgIpc) is 2.52. The minimum Gasteiger partial charge on any atom is -0.495 e. The Balaban J connectivity index is 2.25. The van der Waals surface area contributed by atoms with Crippen LogP contribution in [0.25, 0.3) is 0 Å². The van der Waals surface area contributed by atoms with E-state index in [1.54, 1.807) is 25.6 Å². The van der Waals surface area contributed by atoms with Crippen LogP contribution in [-0.4, -0.2) is 26.3 Å². The Morgan fingerprint density at radius 3 is 2.57 bits per heavy atom. The third kappa shape index (κ3) is 3.49. The number of methoxy groups -OCH3 is 2. The number of pyridine rings is 1.